The third kappa shape index (κ3) is 4.09. The van der Waals surface area contributed by atoms with E-state index in [1.54, 1.807) is 36.4 Å². The number of carboxylic acids is 1. The molecule has 1 amide bonds. The zero-order valence-corrected chi connectivity index (χ0v) is 12.8. The van der Waals surface area contributed by atoms with Crippen LogP contribution in [0.1, 0.15) is 33.9 Å². The van der Waals surface area contributed by atoms with Crippen LogP contribution >= 0.6 is 11.6 Å². The van der Waals surface area contributed by atoms with Gasteiger partial charge in [-0.15, -0.1) is 0 Å². The first-order valence-electron chi connectivity index (χ1n) is 6.81. The fourth-order valence-electron chi connectivity index (χ4n) is 2.19. The summed E-state index contributed by atoms with van der Waals surface area (Å²) in [6.45, 7) is 1.84. The molecule has 0 aliphatic carbocycles. The van der Waals surface area contributed by atoms with Crippen LogP contribution in [0.4, 0.5) is 0 Å². The quantitative estimate of drug-likeness (QED) is 0.885. The highest BCUT2D eigenvalue weighted by atomic mass is 35.5. The van der Waals surface area contributed by atoms with Crippen molar-refractivity contribution >= 4 is 23.5 Å². The highest BCUT2D eigenvalue weighted by Crippen LogP contribution is 2.20. The van der Waals surface area contributed by atoms with Gasteiger partial charge in [0.2, 0.25) is 0 Å². The highest BCUT2D eigenvalue weighted by Gasteiger charge is 2.19. The lowest BCUT2D eigenvalue weighted by Gasteiger charge is -2.18. The Balaban J connectivity index is 2.23. The average Bonchev–Trinajstić information content (AvgIpc) is 2.47. The topological polar surface area (TPSA) is 66.4 Å². The standard InChI is InChI=1S/C17H16ClNO3/c1-11-4-2-3-5-14(11)17(22)19-15(10-16(20)21)12-6-8-13(18)9-7-12/h2-9,15H,10H2,1H3,(H,19,22)(H,20,21)/t15-/m0/s1. The number of hydrogen-bond donors (Lipinski definition) is 2. The van der Waals surface area contributed by atoms with Crippen molar-refractivity contribution in [2.45, 2.75) is 19.4 Å². The first-order chi connectivity index (χ1) is 10.5. The van der Waals surface area contributed by atoms with Crippen LogP contribution in [0, 0.1) is 6.92 Å². The maximum atomic E-state index is 12.4. The minimum atomic E-state index is -0.981. The molecule has 0 unspecified atom stereocenters. The molecule has 0 spiro atoms. The number of nitrogens with one attached hydrogen (secondary N) is 1. The summed E-state index contributed by atoms with van der Waals surface area (Å²) in [6.07, 6.45) is -0.195. The second kappa shape index (κ2) is 7.09. The normalized spacial score (nSPS) is 11.7. The van der Waals surface area contributed by atoms with Crippen molar-refractivity contribution in [1.82, 2.24) is 5.32 Å². The number of rotatable bonds is 5. The van der Waals surface area contributed by atoms with Gasteiger partial charge >= 0.3 is 5.97 Å². The predicted molar refractivity (Wildman–Crippen MR) is 85.1 cm³/mol. The van der Waals surface area contributed by atoms with Gasteiger partial charge in [0.1, 0.15) is 0 Å². The molecule has 2 aromatic carbocycles. The summed E-state index contributed by atoms with van der Waals surface area (Å²) in [7, 11) is 0. The Labute approximate surface area is 133 Å². The zero-order chi connectivity index (χ0) is 16.1. The molecular weight excluding hydrogens is 302 g/mol. The SMILES string of the molecule is Cc1ccccc1C(=O)N[C@@H](CC(=O)O)c1ccc(Cl)cc1. The molecule has 0 aliphatic rings. The third-order valence-electron chi connectivity index (χ3n) is 3.35. The van der Waals surface area contributed by atoms with Crippen molar-refractivity contribution in [3.05, 3.63) is 70.2 Å². The molecule has 0 radical (unpaired) electrons. The van der Waals surface area contributed by atoms with Gasteiger partial charge in [-0.2, -0.15) is 0 Å². The number of amides is 1. The van der Waals surface area contributed by atoms with Crippen molar-refractivity contribution in [3.8, 4) is 0 Å². The van der Waals surface area contributed by atoms with Gasteiger partial charge in [-0.3, -0.25) is 9.59 Å². The number of carbonyl (C=O) groups excluding carboxylic acids is 1. The summed E-state index contributed by atoms with van der Waals surface area (Å²) in [5.41, 5.74) is 2.07. The molecule has 0 aliphatic heterocycles. The lowest BCUT2D eigenvalue weighted by Crippen LogP contribution is -2.30. The van der Waals surface area contributed by atoms with E-state index in [0.717, 1.165) is 5.56 Å². The summed E-state index contributed by atoms with van der Waals surface area (Å²) in [4.78, 5) is 23.4. The van der Waals surface area contributed by atoms with Crippen LogP contribution in [0.25, 0.3) is 0 Å². The van der Waals surface area contributed by atoms with Crippen molar-refractivity contribution < 1.29 is 14.7 Å². The lowest BCUT2D eigenvalue weighted by atomic mass is 10.0. The van der Waals surface area contributed by atoms with E-state index in [4.69, 9.17) is 16.7 Å². The summed E-state index contributed by atoms with van der Waals surface area (Å²) < 4.78 is 0. The van der Waals surface area contributed by atoms with Gasteiger partial charge < -0.3 is 10.4 Å². The molecule has 5 heteroatoms. The first kappa shape index (κ1) is 16.0. The van der Waals surface area contributed by atoms with Crippen molar-refractivity contribution in [2.75, 3.05) is 0 Å². The molecule has 0 saturated heterocycles. The molecule has 0 bridgehead atoms. The Kier molecular flexibility index (Phi) is 5.17. The molecule has 0 heterocycles. The number of halogens is 1. The second-order valence-electron chi connectivity index (χ2n) is 4.99. The lowest BCUT2D eigenvalue weighted by molar-refractivity contribution is -0.137. The summed E-state index contributed by atoms with van der Waals surface area (Å²) in [5.74, 6) is -1.27. The van der Waals surface area contributed by atoms with Crippen molar-refractivity contribution in [3.63, 3.8) is 0 Å². The van der Waals surface area contributed by atoms with E-state index in [-0.39, 0.29) is 12.3 Å². The number of aryl methyl sites for hydroxylation is 1. The molecule has 0 saturated carbocycles. The predicted octanol–water partition coefficient (Wildman–Crippen LogP) is 3.59. The van der Waals surface area contributed by atoms with Crippen molar-refractivity contribution in [1.29, 1.82) is 0 Å². The third-order valence-corrected chi connectivity index (χ3v) is 3.60. The van der Waals surface area contributed by atoms with E-state index in [1.165, 1.54) is 0 Å². The first-order valence-corrected chi connectivity index (χ1v) is 7.19. The fraction of sp³-hybridized carbons (Fsp3) is 0.176. The smallest absolute Gasteiger partial charge is 0.305 e. The van der Waals surface area contributed by atoms with Crippen LogP contribution < -0.4 is 5.32 Å². The number of aliphatic carboxylic acids is 1. The average molecular weight is 318 g/mol. The molecular formula is C17H16ClNO3. The van der Waals surface area contributed by atoms with Crippen molar-refractivity contribution in [2.24, 2.45) is 0 Å². The van der Waals surface area contributed by atoms with E-state index in [9.17, 15) is 9.59 Å². The Hall–Kier alpha value is -2.33. The van der Waals surface area contributed by atoms with Gasteiger partial charge in [0.15, 0.2) is 0 Å². The number of benzene rings is 2. The molecule has 0 fully saturated rings. The molecule has 114 valence electrons. The highest BCUT2D eigenvalue weighted by molar-refractivity contribution is 6.30. The zero-order valence-electron chi connectivity index (χ0n) is 12.0. The van der Waals surface area contributed by atoms with Gasteiger partial charge in [0, 0.05) is 10.6 Å². The fourth-order valence-corrected chi connectivity index (χ4v) is 2.31. The Morgan fingerprint density at radius 3 is 2.36 bits per heavy atom. The van der Waals surface area contributed by atoms with Crippen LogP contribution in [0.5, 0.6) is 0 Å². The minimum Gasteiger partial charge on any atom is -0.481 e. The summed E-state index contributed by atoms with van der Waals surface area (Å²) in [5, 5.41) is 12.4. The van der Waals surface area contributed by atoms with E-state index in [1.807, 2.05) is 19.1 Å². The molecule has 1 atom stereocenters. The summed E-state index contributed by atoms with van der Waals surface area (Å²) >= 11 is 5.84. The van der Waals surface area contributed by atoms with E-state index < -0.39 is 12.0 Å². The molecule has 22 heavy (non-hydrogen) atoms. The van der Waals surface area contributed by atoms with Gasteiger partial charge in [-0.05, 0) is 36.2 Å². The molecule has 2 aromatic rings. The maximum absolute atomic E-state index is 12.4. The number of hydrogen-bond acceptors (Lipinski definition) is 2. The van der Waals surface area contributed by atoms with Gasteiger partial charge in [-0.1, -0.05) is 41.9 Å². The van der Waals surface area contributed by atoms with Crippen LogP contribution in [0.15, 0.2) is 48.5 Å². The Morgan fingerprint density at radius 1 is 1.14 bits per heavy atom. The minimum absolute atomic E-state index is 0.195. The molecule has 0 aromatic heterocycles. The van der Waals surface area contributed by atoms with Crippen LogP contribution in [0.3, 0.4) is 0 Å². The van der Waals surface area contributed by atoms with E-state index >= 15 is 0 Å². The maximum Gasteiger partial charge on any atom is 0.305 e. The van der Waals surface area contributed by atoms with Crippen LogP contribution in [-0.4, -0.2) is 17.0 Å². The number of carbonyl (C=O) groups is 2. The van der Waals surface area contributed by atoms with E-state index in [0.29, 0.717) is 16.1 Å². The van der Waals surface area contributed by atoms with Gasteiger partial charge in [0.25, 0.3) is 5.91 Å². The molecule has 2 N–H and O–H groups in total. The van der Waals surface area contributed by atoms with Gasteiger partial charge in [-0.25, -0.2) is 0 Å². The molecule has 4 nitrogen and oxygen atoms in total. The second-order valence-corrected chi connectivity index (χ2v) is 5.43. The number of carboxylic acid groups (broad SMARTS) is 1. The largest absolute Gasteiger partial charge is 0.481 e. The monoisotopic (exact) mass is 317 g/mol. The Morgan fingerprint density at radius 2 is 1.77 bits per heavy atom. The van der Waals surface area contributed by atoms with E-state index in [2.05, 4.69) is 5.32 Å². The molecule has 2 rings (SSSR count). The van der Waals surface area contributed by atoms with Crippen LogP contribution in [0.2, 0.25) is 5.02 Å². The van der Waals surface area contributed by atoms with Gasteiger partial charge in [0.05, 0.1) is 12.5 Å². The summed E-state index contributed by atoms with van der Waals surface area (Å²) in [6, 6.07) is 13.3. The van der Waals surface area contributed by atoms with Crippen LogP contribution in [-0.2, 0) is 4.79 Å². The Bertz CT molecular complexity index is 683.